The number of imidazole rings is 1. The molecule has 0 aliphatic carbocycles. The van der Waals surface area contributed by atoms with Crippen molar-refractivity contribution in [1.82, 2.24) is 14.9 Å². The second-order valence-electron chi connectivity index (χ2n) is 7.03. The molecule has 1 aromatic heterocycles. The topological polar surface area (TPSA) is 98.8 Å². The number of H-pyrrole nitrogens is 1. The molecule has 1 fully saturated rings. The summed E-state index contributed by atoms with van der Waals surface area (Å²) in [5.41, 5.74) is 9.41. The van der Waals surface area contributed by atoms with Crippen molar-refractivity contribution in [2.75, 3.05) is 19.6 Å². The third kappa shape index (κ3) is 3.55. The zero-order chi connectivity index (χ0) is 18.8. The number of hydrogen-bond acceptors (Lipinski definition) is 4. The van der Waals surface area contributed by atoms with Gasteiger partial charge in [-0.3, -0.25) is 4.79 Å². The standard InChI is InChI=1S/C21H21N5O/c22-12-15-6-4-14(5-7-15)8-10-26-11-9-16(13-26)21-24-18-3-1-2-17(20(23)27)19(18)25-21/h1-7,16H,8-11,13H2,(H2,23,27)(H,24,25). The Kier molecular flexibility index (Phi) is 4.61. The fourth-order valence-electron chi connectivity index (χ4n) is 3.74. The highest BCUT2D eigenvalue weighted by atomic mass is 16.1. The first kappa shape index (κ1) is 17.3. The molecule has 0 radical (unpaired) electrons. The molecule has 1 aliphatic rings. The Bertz CT molecular complexity index is 1020. The van der Waals surface area contributed by atoms with Gasteiger partial charge < -0.3 is 15.6 Å². The van der Waals surface area contributed by atoms with Crippen LogP contribution >= 0.6 is 0 Å². The number of aromatic nitrogens is 2. The lowest BCUT2D eigenvalue weighted by atomic mass is 10.1. The van der Waals surface area contributed by atoms with Gasteiger partial charge in [0.15, 0.2) is 0 Å². The highest BCUT2D eigenvalue weighted by molar-refractivity contribution is 6.04. The van der Waals surface area contributed by atoms with Crippen LogP contribution in [-0.2, 0) is 6.42 Å². The van der Waals surface area contributed by atoms with Crippen LogP contribution in [0.2, 0.25) is 0 Å². The van der Waals surface area contributed by atoms with Crippen molar-refractivity contribution < 1.29 is 4.79 Å². The number of rotatable bonds is 5. The van der Waals surface area contributed by atoms with Crippen LogP contribution in [0.1, 0.15) is 39.6 Å². The van der Waals surface area contributed by atoms with Crippen molar-refractivity contribution in [2.45, 2.75) is 18.8 Å². The summed E-state index contributed by atoms with van der Waals surface area (Å²) in [6.07, 6.45) is 2.00. The van der Waals surface area contributed by atoms with Crippen LogP contribution in [0.5, 0.6) is 0 Å². The van der Waals surface area contributed by atoms with Gasteiger partial charge in [-0.15, -0.1) is 0 Å². The minimum absolute atomic E-state index is 0.332. The molecule has 3 N–H and O–H groups in total. The number of para-hydroxylation sites is 1. The molecule has 2 aromatic carbocycles. The van der Waals surface area contributed by atoms with E-state index >= 15 is 0 Å². The number of fused-ring (bicyclic) bond motifs is 1. The van der Waals surface area contributed by atoms with Crippen molar-refractivity contribution in [2.24, 2.45) is 5.73 Å². The van der Waals surface area contributed by atoms with E-state index in [1.54, 1.807) is 6.07 Å². The van der Waals surface area contributed by atoms with E-state index in [1.165, 1.54) is 5.56 Å². The number of nitrogens with two attached hydrogens (primary N) is 1. The van der Waals surface area contributed by atoms with Crippen LogP contribution in [0.4, 0.5) is 0 Å². The van der Waals surface area contributed by atoms with E-state index in [2.05, 4.69) is 20.9 Å². The molecule has 6 heteroatoms. The number of hydrogen-bond donors (Lipinski definition) is 2. The number of carbonyl (C=O) groups is 1. The van der Waals surface area contributed by atoms with Gasteiger partial charge in [-0.1, -0.05) is 18.2 Å². The van der Waals surface area contributed by atoms with Crippen molar-refractivity contribution in [3.8, 4) is 6.07 Å². The molecule has 1 unspecified atom stereocenters. The Morgan fingerprint density at radius 1 is 1.30 bits per heavy atom. The van der Waals surface area contributed by atoms with Crippen LogP contribution in [0.25, 0.3) is 11.0 Å². The van der Waals surface area contributed by atoms with Crippen molar-refractivity contribution in [1.29, 1.82) is 5.26 Å². The number of nitrogens with one attached hydrogen (secondary N) is 1. The zero-order valence-electron chi connectivity index (χ0n) is 15.0. The summed E-state index contributed by atoms with van der Waals surface area (Å²) in [5, 5.41) is 8.88. The van der Waals surface area contributed by atoms with Crippen molar-refractivity contribution in [3.05, 3.63) is 65.0 Å². The molecule has 0 bridgehead atoms. The van der Waals surface area contributed by atoms with Gasteiger partial charge in [-0.05, 0) is 49.2 Å². The van der Waals surface area contributed by atoms with Crippen LogP contribution in [0, 0.1) is 11.3 Å². The average Bonchev–Trinajstić information content (AvgIpc) is 3.33. The van der Waals surface area contributed by atoms with Crippen LogP contribution < -0.4 is 5.73 Å². The normalized spacial score (nSPS) is 17.2. The maximum Gasteiger partial charge on any atom is 0.250 e. The third-order valence-corrected chi connectivity index (χ3v) is 5.26. The van der Waals surface area contributed by atoms with Gasteiger partial charge in [0.2, 0.25) is 0 Å². The third-order valence-electron chi connectivity index (χ3n) is 5.26. The molecule has 1 saturated heterocycles. The van der Waals surface area contributed by atoms with E-state index in [0.717, 1.165) is 49.3 Å². The molecular weight excluding hydrogens is 338 g/mol. The van der Waals surface area contributed by atoms with Crippen LogP contribution in [0.15, 0.2) is 42.5 Å². The lowest BCUT2D eigenvalue weighted by Crippen LogP contribution is -2.23. The first-order chi connectivity index (χ1) is 13.1. The molecule has 136 valence electrons. The highest BCUT2D eigenvalue weighted by Crippen LogP contribution is 2.28. The SMILES string of the molecule is N#Cc1ccc(CCN2CCC(c3nc4cccc(C(N)=O)c4[nH]3)C2)cc1. The van der Waals surface area contributed by atoms with Gasteiger partial charge in [0, 0.05) is 19.0 Å². The smallest absolute Gasteiger partial charge is 0.250 e. The molecule has 0 spiro atoms. The average molecular weight is 359 g/mol. The Balaban J connectivity index is 1.42. The van der Waals surface area contributed by atoms with Gasteiger partial charge in [0.05, 0.1) is 28.2 Å². The number of amides is 1. The minimum Gasteiger partial charge on any atom is -0.366 e. The van der Waals surface area contributed by atoms with Gasteiger partial charge in [-0.2, -0.15) is 5.26 Å². The first-order valence-corrected chi connectivity index (χ1v) is 9.14. The largest absolute Gasteiger partial charge is 0.366 e. The number of likely N-dealkylation sites (tertiary alicyclic amines) is 1. The summed E-state index contributed by atoms with van der Waals surface area (Å²) in [6, 6.07) is 15.4. The van der Waals surface area contributed by atoms with E-state index in [-0.39, 0.29) is 0 Å². The summed E-state index contributed by atoms with van der Waals surface area (Å²) in [5.74, 6) is 0.824. The van der Waals surface area contributed by atoms with Gasteiger partial charge in [0.25, 0.3) is 5.91 Å². The predicted molar refractivity (Wildman–Crippen MR) is 103 cm³/mol. The molecule has 0 saturated carbocycles. The summed E-state index contributed by atoms with van der Waals surface area (Å²) < 4.78 is 0. The molecule has 1 aliphatic heterocycles. The second-order valence-corrected chi connectivity index (χ2v) is 7.03. The van der Waals surface area contributed by atoms with Crippen molar-refractivity contribution in [3.63, 3.8) is 0 Å². The number of aromatic amines is 1. The van der Waals surface area contributed by atoms with E-state index < -0.39 is 5.91 Å². The van der Waals surface area contributed by atoms with Crippen LogP contribution in [-0.4, -0.2) is 40.4 Å². The second kappa shape index (κ2) is 7.22. The fourth-order valence-corrected chi connectivity index (χ4v) is 3.74. The van der Waals surface area contributed by atoms with Gasteiger partial charge in [0.1, 0.15) is 5.82 Å². The lowest BCUT2D eigenvalue weighted by Gasteiger charge is -2.15. The van der Waals surface area contributed by atoms with Gasteiger partial charge in [-0.25, -0.2) is 4.98 Å². The summed E-state index contributed by atoms with van der Waals surface area (Å²) in [4.78, 5) is 22.1. The molecular formula is C21H21N5O. The highest BCUT2D eigenvalue weighted by Gasteiger charge is 2.26. The number of nitrogens with zero attached hydrogens (tertiary/aromatic N) is 3. The Morgan fingerprint density at radius 2 is 2.11 bits per heavy atom. The van der Waals surface area contributed by atoms with E-state index in [0.29, 0.717) is 17.0 Å². The number of benzene rings is 2. The lowest BCUT2D eigenvalue weighted by molar-refractivity contribution is 0.100. The molecule has 1 amide bonds. The number of primary amides is 1. The minimum atomic E-state index is -0.439. The van der Waals surface area contributed by atoms with Crippen molar-refractivity contribution >= 4 is 16.9 Å². The Labute approximate surface area is 157 Å². The van der Waals surface area contributed by atoms with Gasteiger partial charge >= 0.3 is 0 Å². The maximum absolute atomic E-state index is 11.6. The quantitative estimate of drug-likeness (QED) is 0.731. The molecule has 2 heterocycles. The predicted octanol–water partition coefficient (Wildman–Crippen LogP) is 2.57. The van der Waals surface area contributed by atoms with E-state index in [4.69, 9.17) is 11.0 Å². The summed E-state index contributed by atoms with van der Waals surface area (Å²) in [6.45, 7) is 2.96. The first-order valence-electron chi connectivity index (χ1n) is 9.14. The molecule has 1 atom stereocenters. The van der Waals surface area contributed by atoms with Crippen LogP contribution in [0.3, 0.4) is 0 Å². The fraction of sp³-hybridized carbons (Fsp3) is 0.286. The zero-order valence-corrected chi connectivity index (χ0v) is 15.0. The summed E-state index contributed by atoms with van der Waals surface area (Å²) in [7, 11) is 0. The Morgan fingerprint density at radius 3 is 2.85 bits per heavy atom. The summed E-state index contributed by atoms with van der Waals surface area (Å²) >= 11 is 0. The maximum atomic E-state index is 11.6. The van der Waals surface area contributed by atoms with E-state index in [1.807, 2.05) is 36.4 Å². The van der Waals surface area contributed by atoms with E-state index in [9.17, 15) is 4.79 Å². The molecule has 6 nitrogen and oxygen atoms in total. The number of carbonyl (C=O) groups excluding carboxylic acids is 1. The molecule has 3 aromatic rings. The number of nitriles is 1. The Hall–Kier alpha value is -3.17. The molecule has 4 rings (SSSR count). The molecule has 27 heavy (non-hydrogen) atoms. The monoisotopic (exact) mass is 359 g/mol.